The lowest BCUT2D eigenvalue weighted by molar-refractivity contribution is -0.141. The quantitative estimate of drug-likeness (QED) is 0.941. The highest BCUT2D eigenvalue weighted by Gasteiger charge is 2.33. The minimum atomic E-state index is -4.58. The number of rotatable bonds is 3. The first kappa shape index (κ1) is 15.1. The van der Waals surface area contributed by atoms with Crippen LogP contribution < -0.4 is 10.5 Å². The van der Waals surface area contributed by atoms with Gasteiger partial charge in [0.2, 0.25) is 5.95 Å². The molecule has 1 aromatic carbocycles. The lowest BCUT2D eigenvalue weighted by atomic mass is 10.1. The second-order valence-corrected chi connectivity index (χ2v) is 4.66. The van der Waals surface area contributed by atoms with Crippen LogP contribution in [-0.4, -0.2) is 16.1 Å². The van der Waals surface area contributed by atoms with Gasteiger partial charge in [0.05, 0.1) is 11.8 Å². The molecule has 0 aliphatic heterocycles. The van der Waals surface area contributed by atoms with E-state index in [1.54, 1.807) is 24.3 Å². The number of alkyl halides is 3. The number of halogens is 3. The third-order valence-corrected chi connectivity index (χ3v) is 2.56. The van der Waals surface area contributed by atoms with Crippen LogP contribution >= 0.6 is 0 Å². The molecule has 0 bridgehead atoms. The summed E-state index contributed by atoms with van der Waals surface area (Å²) < 4.78 is 44.0. The van der Waals surface area contributed by atoms with Crippen LogP contribution in [-0.2, 0) is 6.18 Å². The van der Waals surface area contributed by atoms with Crippen molar-refractivity contribution in [2.24, 2.45) is 0 Å². The van der Waals surface area contributed by atoms with Crippen molar-refractivity contribution in [3.63, 3.8) is 0 Å². The number of nitrogens with zero attached hydrogens (tertiary/aromatic N) is 2. The first-order valence-corrected chi connectivity index (χ1v) is 6.25. The van der Waals surface area contributed by atoms with E-state index in [4.69, 9.17) is 10.5 Å². The van der Waals surface area contributed by atoms with E-state index in [1.807, 2.05) is 13.8 Å². The summed E-state index contributed by atoms with van der Waals surface area (Å²) in [5.74, 6) is 0.0119. The summed E-state index contributed by atoms with van der Waals surface area (Å²) >= 11 is 0. The fourth-order valence-corrected chi connectivity index (χ4v) is 1.78. The zero-order valence-corrected chi connectivity index (χ0v) is 11.5. The average Bonchev–Trinajstić information content (AvgIpc) is 2.37. The second-order valence-electron chi connectivity index (χ2n) is 4.66. The highest BCUT2D eigenvalue weighted by molar-refractivity contribution is 5.68. The molecule has 7 heteroatoms. The van der Waals surface area contributed by atoms with E-state index in [9.17, 15) is 13.2 Å². The number of anilines is 1. The van der Waals surface area contributed by atoms with Gasteiger partial charge in [-0.15, -0.1) is 0 Å². The van der Waals surface area contributed by atoms with E-state index >= 15 is 0 Å². The largest absolute Gasteiger partial charge is 0.490 e. The van der Waals surface area contributed by atoms with Crippen LogP contribution in [0.1, 0.15) is 19.5 Å². The van der Waals surface area contributed by atoms with Gasteiger partial charge in [0, 0.05) is 5.56 Å². The standard InChI is InChI=1S/C14H14F3N3O/c1-8(2)21-11-6-4-3-5-9(11)10-7-12(14(15,16)17)20-13(18)19-10/h3-8H,1-2H3,(H2,18,19,20). The van der Waals surface area contributed by atoms with Gasteiger partial charge in [-0.05, 0) is 32.0 Å². The zero-order chi connectivity index (χ0) is 15.6. The van der Waals surface area contributed by atoms with Gasteiger partial charge in [0.15, 0.2) is 5.69 Å². The third-order valence-electron chi connectivity index (χ3n) is 2.56. The van der Waals surface area contributed by atoms with Crippen molar-refractivity contribution in [2.45, 2.75) is 26.1 Å². The molecule has 0 atom stereocenters. The Morgan fingerprint density at radius 3 is 2.43 bits per heavy atom. The molecule has 112 valence electrons. The van der Waals surface area contributed by atoms with Crippen molar-refractivity contribution in [3.05, 3.63) is 36.0 Å². The van der Waals surface area contributed by atoms with Crippen molar-refractivity contribution in [3.8, 4) is 17.0 Å². The van der Waals surface area contributed by atoms with Crippen LogP contribution in [0.5, 0.6) is 5.75 Å². The Hall–Kier alpha value is -2.31. The lowest BCUT2D eigenvalue weighted by Gasteiger charge is -2.15. The first-order valence-electron chi connectivity index (χ1n) is 6.25. The highest BCUT2D eigenvalue weighted by Crippen LogP contribution is 2.34. The highest BCUT2D eigenvalue weighted by atomic mass is 19.4. The van der Waals surface area contributed by atoms with E-state index in [2.05, 4.69) is 9.97 Å². The molecule has 0 aliphatic carbocycles. The summed E-state index contributed by atoms with van der Waals surface area (Å²) in [4.78, 5) is 7.09. The maximum atomic E-state index is 12.8. The van der Waals surface area contributed by atoms with Crippen molar-refractivity contribution in [1.82, 2.24) is 9.97 Å². The number of para-hydroxylation sites is 1. The average molecular weight is 297 g/mol. The number of hydrogen-bond donors (Lipinski definition) is 1. The zero-order valence-electron chi connectivity index (χ0n) is 11.5. The van der Waals surface area contributed by atoms with E-state index in [0.717, 1.165) is 6.07 Å². The molecular formula is C14H14F3N3O. The van der Waals surface area contributed by atoms with E-state index in [1.165, 1.54) is 0 Å². The molecule has 21 heavy (non-hydrogen) atoms. The molecule has 0 saturated heterocycles. The van der Waals surface area contributed by atoms with E-state index in [-0.39, 0.29) is 11.8 Å². The molecule has 2 N–H and O–H groups in total. The Balaban J connectivity index is 2.54. The molecule has 0 amide bonds. The van der Waals surface area contributed by atoms with Gasteiger partial charge >= 0.3 is 6.18 Å². The number of nitrogen functional groups attached to an aromatic ring is 1. The predicted octanol–water partition coefficient (Wildman–Crippen LogP) is 3.53. The Morgan fingerprint density at radius 1 is 1.14 bits per heavy atom. The Bertz CT molecular complexity index is 642. The molecule has 0 aliphatic rings. The third kappa shape index (κ3) is 3.62. The van der Waals surface area contributed by atoms with Crippen LogP contribution in [0.4, 0.5) is 19.1 Å². The topological polar surface area (TPSA) is 61.0 Å². The summed E-state index contributed by atoms with van der Waals surface area (Å²) in [5.41, 5.74) is 4.81. The normalized spacial score (nSPS) is 11.7. The first-order chi connectivity index (χ1) is 9.77. The van der Waals surface area contributed by atoms with Gasteiger partial charge in [-0.2, -0.15) is 13.2 Å². The summed E-state index contributed by atoms with van der Waals surface area (Å²) in [7, 11) is 0. The number of ether oxygens (including phenoxy) is 1. The smallest absolute Gasteiger partial charge is 0.433 e. The fourth-order valence-electron chi connectivity index (χ4n) is 1.78. The maximum absolute atomic E-state index is 12.8. The van der Waals surface area contributed by atoms with E-state index < -0.39 is 17.8 Å². The van der Waals surface area contributed by atoms with Crippen LogP contribution in [0, 0.1) is 0 Å². The lowest BCUT2D eigenvalue weighted by Crippen LogP contribution is -2.12. The Kier molecular flexibility index (Phi) is 4.02. The summed E-state index contributed by atoms with van der Waals surface area (Å²) in [6.45, 7) is 3.65. The summed E-state index contributed by atoms with van der Waals surface area (Å²) in [6.07, 6.45) is -4.70. The number of aromatic nitrogens is 2. The van der Waals surface area contributed by atoms with Crippen molar-refractivity contribution in [2.75, 3.05) is 5.73 Å². The molecule has 0 fully saturated rings. The van der Waals surface area contributed by atoms with Crippen LogP contribution in [0.15, 0.2) is 30.3 Å². The second kappa shape index (κ2) is 5.59. The molecule has 1 aromatic heterocycles. The molecule has 0 radical (unpaired) electrons. The SMILES string of the molecule is CC(C)Oc1ccccc1-c1cc(C(F)(F)F)nc(N)n1. The van der Waals surface area contributed by atoms with Crippen LogP contribution in [0.2, 0.25) is 0 Å². The van der Waals surface area contributed by atoms with Crippen molar-refractivity contribution in [1.29, 1.82) is 0 Å². The minimum Gasteiger partial charge on any atom is -0.490 e. The van der Waals surface area contributed by atoms with Gasteiger partial charge in [-0.1, -0.05) is 12.1 Å². The Labute approximate surface area is 119 Å². The maximum Gasteiger partial charge on any atom is 0.433 e. The monoisotopic (exact) mass is 297 g/mol. The number of benzene rings is 1. The van der Waals surface area contributed by atoms with Crippen molar-refractivity contribution < 1.29 is 17.9 Å². The van der Waals surface area contributed by atoms with E-state index in [0.29, 0.717) is 11.3 Å². The van der Waals surface area contributed by atoms with Crippen molar-refractivity contribution >= 4 is 5.95 Å². The molecule has 0 unspecified atom stereocenters. The molecule has 2 rings (SSSR count). The number of hydrogen-bond acceptors (Lipinski definition) is 4. The summed E-state index contributed by atoms with van der Waals surface area (Å²) in [5, 5.41) is 0. The van der Waals surface area contributed by atoms with Crippen LogP contribution in [0.3, 0.4) is 0 Å². The summed E-state index contributed by atoms with van der Waals surface area (Å²) in [6, 6.07) is 7.57. The molecule has 1 heterocycles. The van der Waals surface area contributed by atoms with Gasteiger partial charge in [0.25, 0.3) is 0 Å². The predicted molar refractivity (Wildman–Crippen MR) is 72.6 cm³/mol. The molecule has 0 spiro atoms. The van der Waals surface area contributed by atoms with Gasteiger partial charge in [-0.3, -0.25) is 0 Å². The van der Waals surface area contributed by atoms with Gasteiger partial charge < -0.3 is 10.5 Å². The molecule has 2 aromatic rings. The molecule has 0 saturated carbocycles. The minimum absolute atomic E-state index is 0.0751. The van der Waals surface area contributed by atoms with Gasteiger partial charge in [0.1, 0.15) is 5.75 Å². The fraction of sp³-hybridized carbons (Fsp3) is 0.286. The Morgan fingerprint density at radius 2 is 1.81 bits per heavy atom. The molecular weight excluding hydrogens is 283 g/mol. The number of nitrogens with two attached hydrogens (primary N) is 1. The van der Waals surface area contributed by atoms with Crippen LogP contribution in [0.25, 0.3) is 11.3 Å². The van der Waals surface area contributed by atoms with Gasteiger partial charge in [-0.25, -0.2) is 9.97 Å². The molecule has 4 nitrogen and oxygen atoms in total.